The number of urea groups is 1. The first-order valence-electron chi connectivity index (χ1n) is 9.26. The molecule has 0 saturated carbocycles. The fourth-order valence-corrected chi connectivity index (χ4v) is 2.66. The molecule has 0 saturated heterocycles. The van der Waals surface area contributed by atoms with Crippen molar-refractivity contribution in [3.8, 4) is 0 Å². The highest BCUT2D eigenvalue weighted by molar-refractivity contribution is 7.80. The normalized spacial score (nSPS) is 10.3. The zero-order valence-corrected chi connectivity index (χ0v) is 15.6. The third-order valence-electron chi connectivity index (χ3n) is 3.87. The molecule has 0 bridgehead atoms. The number of rotatable bonds is 14. The summed E-state index contributed by atoms with van der Waals surface area (Å²) in [5, 5.41) is 3.43. The maximum atomic E-state index is 10.5. The fraction of sp³-hybridized carbons (Fsp3) is 0.882. The van der Waals surface area contributed by atoms with Gasteiger partial charge in [-0.05, 0) is 18.6 Å². The Kier molecular flexibility index (Phi) is 16.5. The predicted molar refractivity (Wildman–Crippen MR) is 102 cm³/mol. The standard InChI is InChI=1S/C17H36N4OS/c1-2-3-4-5-6-7-8-9-10-11-12-13-14-15-19-17(23)21-20-16(18)22/h2-15H2,1H3,(H3,18,20,22)(H2,19,21,23). The molecule has 0 aliphatic heterocycles. The summed E-state index contributed by atoms with van der Waals surface area (Å²) in [5.41, 5.74) is 9.68. The van der Waals surface area contributed by atoms with Crippen molar-refractivity contribution in [2.24, 2.45) is 5.73 Å². The Labute approximate surface area is 147 Å². The minimum absolute atomic E-state index is 0.405. The molecule has 23 heavy (non-hydrogen) atoms. The molecule has 5 N–H and O–H groups in total. The number of nitrogens with two attached hydrogens (primary N) is 1. The summed E-state index contributed by atoms with van der Waals surface area (Å²) < 4.78 is 0. The molecule has 0 aliphatic rings. The monoisotopic (exact) mass is 344 g/mol. The van der Waals surface area contributed by atoms with E-state index in [-0.39, 0.29) is 0 Å². The molecule has 0 heterocycles. The highest BCUT2D eigenvalue weighted by atomic mass is 32.1. The van der Waals surface area contributed by atoms with Gasteiger partial charge in [-0.15, -0.1) is 0 Å². The first-order chi connectivity index (χ1) is 11.2. The van der Waals surface area contributed by atoms with Gasteiger partial charge in [0, 0.05) is 6.54 Å². The summed E-state index contributed by atoms with van der Waals surface area (Å²) in [4.78, 5) is 10.5. The number of unbranched alkanes of at least 4 members (excludes halogenated alkanes) is 12. The van der Waals surface area contributed by atoms with E-state index in [1.54, 1.807) is 0 Å². The number of carbonyl (C=O) groups is 1. The van der Waals surface area contributed by atoms with Gasteiger partial charge in [-0.1, -0.05) is 84.0 Å². The van der Waals surface area contributed by atoms with Gasteiger partial charge in [-0.25, -0.2) is 10.2 Å². The number of carbonyl (C=O) groups excluding carboxylic acids is 1. The largest absolute Gasteiger partial charge is 0.361 e. The van der Waals surface area contributed by atoms with Gasteiger partial charge in [0.25, 0.3) is 0 Å². The zero-order chi connectivity index (χ0) is 17.2. The molecule has 0 aliphatic carbocycles. The van der Waals surface area contributed by atoms with Crippen molar-refractivity contribution in [3.63, 3.8) is 0 Å². The van der Waals surface area contributed by atoms with Crippen LogP contribution >= 0.6 is 12.2 Å². The minimum atomic E-state index is -0.643. The smallest absolute Gasteiger partial charge is 0.330 e. The van der Waals surface area contributed by atoms with Gasteiger partial charge >= 0.3 is 6.03 Å². The lowest BCUT2D eigenvalue weighted by atomic mass is 10.0. The highest BCUT2D eigenvalue weighted by Gasteiger charge is 1.96. The van der Waals surface area contributed by atoms with Gasteiger partial charge in [0.1, 0.15) is 0 Å². The molecule has 0 rings (SSSR count). The Morgan fingerprint density at radius 3 is 1.65 bits per heavy atom. The van der Waals surface area contributed by atoms with Crippen LogP contribution in [0.2, 0.25) is 0 Å². The first kappa shape index (κ1) is 22.0. The number of primary amides is 1. The van der Waals surface area contributed by atoms with E-state index in [1.807, 2.05) is 0 Å². The van der Waals surface area contributed by atoms with Gasteiger partial charge in [0.15, 0.2) is 5.11 Å². The number of amides is 2. The number of thiocarbonyl (C=S) groups is 1. The number of hydrogen-bond acceptors (Lipinski definition) is 2. The van der Waals surface area contributed by atoms with Crippen molar-refractivity contribution in [2.45, 2.75) is 90.4 Å². The Bertz CT molecular complexity index is 300. The van der Waals surface area contributed by atoms with E-state index < -0.39 is 6.03 Å². The predicted octanol–water partition coefficient (Wildman–Crippen LogP) is 4.13. The summed E-state index contributed by atoms with van der Waals surface area (Å²) in [6.45, 7) is 3.09. The van der Waals surface area contributed by atoms with E-state index in [0.717, 1.165) is 13.0 Å². The van der Waals surface area contributed by atoms with Crippen LogP contribution in [0.25, 0.3) is 0 Å². The average molecular weight is 345 g/mol. The van der Waals surface area contributed by atoms with Crippen molar-refractivity contribution in [1.29, 1.82) is 0 Å². The second-order valence-corrected chi connectivity index (χ2v) is 6.52. The SMILES string of the molecule is CCCCCCCCCCCCCCCNC(=S)NNC(N)=O. The van der Waals surface area contributed by atoms with E-state index in [2.05, 4.69) is 23.1 Å². The van der Waals surface area contributed by atoms with E-state index in [0.29, 0.717) is 5.11 Å². The molecule has 0 fully saturated rings. The molecular formula is C17H36N4OS. The lowest BCUT2D eigenvalue weighted by molar-refractivity contribution is 0.247. The molecule has 0 aromatic heterocycles. The van der Waals surface area contributed by atoms with Gasteiger partial charge in [-0.2, -0.15) is 0 Å². The maximum Gasteiger partial charge on any atom is 0.330 e. The molecular weight excluding hydrogens is 308 g/mol. The molecule has 0 radical (unpaired) electrons. The lowest BCUT2D eigenvalue weighted by Gasteiger charge is -2.09. The van der Waals surface area contributed by atoms with Crippen molar-refractivity contribution in [1.82, 2.24) is 16.2 Å². The molecule has 5 nitrogen and oxygen atoms in total. The van der Waals surface area contributed by atoms with Crippen molar-refractivity contribution >= 4 is 23.4 Å². The van der Waals surface area contributed by atoms with Gasteiger partial charge in [-0.3, -0.25) is 5.43 Å². The molecule has 0 atom stereocenters. The Morgan fingerprint density at radius 1 is 0.783 bits per heavy atom. The molecule has 0 aromatic rings. The third-order valence-corrected chi connectivity index (χ3v) is 4.11. The van der Waals surface area contributed by atoms with E-state index in [4.69, 9.17) is 18.0 Å². The second-order valence-electron chi connectivity index (χ2n) is 6.11. The molecule has 0 spiro atoms. The molecule has 0 unspecified atom stereocenters. The van der Waals surface area contributed by atoms with Gasteiger partial charge in [0.2, 0.25) is 0 Å². The number of hydrogen-bond donors (Lipinski definition) is 4. The number of nitrogens with one attached hydrogen (secondary N) is 3. The van der Waals surface area contributed by atoms with Crippen LogP contribution in [0.4, 0.5) is 4.79 Å². The van der Waals surface area contributed by atoms with E-state index in [9.17, 15) is 4.79 Å². The first-order valence-corrected chi connectivity index (χ1v) is 9.67. The summed E-state index contributed by atoms with van der Waals surface area (Å²) in [6.07, 6.45) is 17.5. The third kappa shape index (κ3) is 18.9. The van der Waals surface area contributed by atoms with E-state index >= 15 is 0 Å². The van der Waals surface area contributed by atoms with Crippen LogP contribution in [0.5, 0.6) is 0 Å². The molecule has 6 heteroatoms. The van der Waals surface area contributed by atoms with Crippen molar-refractivity contribution in [2.75, 3.05) is 6.54 Å². The Morgan fingerprint density at radius 2 is 1.22 bits per heavy atom. The van der Waals surface area contributed by atoms with Gasteiger partial charge < -0.3 is 11.1 Å². The molecule has 136 valence electrons. The van der Waals surface area contributed by atoms with Crippen molar-refractivity contribution < 1.29 is 4.79 Å². The summed E-state index contributed by atoms with van der Waals surface area (Å²) in [7, 11) is 0. The maximum absolute atomic E-state index is 10.5. The van der Waals surface area contributed by atoms with Crippen LogP contribution in [-0.4, -0.2) is 17.7 Å². The summed E-state index contributed by atoms with van der Waals surface area (Å²) >= 11 is 4.97. The number of hydrazine groups is 1. The van der Waals surface area contributed by atoms with E-state index in [1.165, 1.54) is 77.0 Å². The van der Waals surface area contributed by atoms with Crippen molar-refractivity contribution in [3.05, 3.63) is 0 Å². The van der Waals surface area contributed by atoms with Crippen LogP contribution < -0.4 is 21.9 Å². The quantitative estimate of drug-likeness (QED) is 0.217. The Balaban J connectivity index is 3.10. The second kappa shape index (κ2) is 17.3. The zero-order valence-electron chi connectivity index (χ0n) is 14.8. The van der Waals surface area contributed by atoms with Crippen LogP contribution in [0.1, 0.15) is 90.4 Å². The topological polar surface area (TPSA) is 79.2 Å². The molecule has 0 aromatic carbocycles. The van der Waals surface area contributed by atoms with Crippen LogP contribution in [0.3, 0.4) is 0 Å². The van der Waals surface area contributed by atoms with Crippen LogP contribution in [0.15, 0.2) is 0 Å². The van der Waals surface area contributed by atoms with Crippen LogP contribution in [-0.2, 0) is 0 Å². The Hall–Kier alpha value is -1.04. The average Bonchev–Trinajstić information content (AvgIpc) is 2.53. The summed E-state index contributed by atoms with van der Waals surface area (Å²) in [5.74, 6) is 0. The summed E-state index contributed by atoms with van der Waals surface area (Å²) in [6, 6.07) is -0.643. The molecule has 2 amide bonds. The van der Waals surface area contributed by atoms with Gasteiger partial charge in [0.05, 0.1) is 0 Å². The highest BCUT2D eigenvalue weighted by Crippen LogP contribution is 2.12. The minimum Gasteiger partial charge on any atom is -0.361 e. The van der Waals surface area contributed by atoms with Crippen LogP contribution in [0, 0.1) is 0 Å². The lowest BCUT2D eigenvalue weighted by Crippen LogP contribution is -2.48. The fourth-order valence-electron chi connectivity index (χ4n) is 2.51.